The lowest BCUT2D eigenvalue weighted by Gasteiger charge is -2.10. The summed E-state index contributed by atoms with van der Waals surface area (Å²) >= 11 is 3.45. The molecule has 6 nitrogen and oxygen atoms in total. The monoisotopic (exact) mass is 452 g/mol. The number of rotatable bonds is 3. The number of benzene rings is 2. The maximum atomic E-state index is 13.0. The first-order valence-corrected chi connectivity index (χ1v) is 9.99. The predicted molar refractivity (Wildman–Crippen MR) is 119 cm³/mol. The molecule has 4 rings (SSSR count). The first kappa shape index (κ1) is 19.3. The van der Waals surface area contributed by atoms with Crippen molar-refractivity contribution in [2.75, 3.05) is 5.32 Å². The van der Waals surface area contributed by atoms with E-state index in [1.807, 2.05) is 62.4 Å². The van der Waals surface area contributed by atoms with E-state index in [0.717, 1.165) is 32.6 Å². The molecular weight excluding hydrogens is 432 g/mol. The molecule has 0 aliphatic heterocycles. The van der Waals surface area contributed by atoms with Crippen LogP contribution >= 0.6 is 15.9 Å². The zero-order valence-electron chi connectivity index (χ0n) is 16.7. The molecule has 0 bridgehead atoms. The predicted octanol–water partition coefficient (Wildman–Crippen LogP) is 4.30. The van der Waals surface area contributed by atoms with Crippen LogP contribution in [0.3, 0.4) is 0 Å². The van der Waals surface area contributed by atoms with Crippen molar-refractivity contribution in [1.29, 1.82) is 0 Å². The summed E-state index contributed by atoms with van der Waals surface area (Å²) in [6, 6.07) is 15.4. The van der Waals surface area contributed by atoms with Crippen molar-refractivity contribution in [3.63, 3.8) is 0 Å². The molecular formula is C22H21BrN4O2. The van der Waals surface area contributed by atoms with Crippen LogP contribution in [0.2, 0.25) is 0 Å². The molecule has 29 heavy (non-hydrogen) atoms. The van der Waals surface area contributed by atoms with Gasteiger partial charge in [0.15, 0.2) is 0 Å². The molecule has 2 heterocycles. The Balaban J connectivity index is 1.68. The van der Waals surface area contributed by atoms with E-state index < -0.39 is 0 Å². The van der Waals surface area contributed by atoms with Crippen molar-refractivity contribution >= 4 is 38.6 Å². The first-order chi connectivity index (χ1) is 13.8. The van der Waals surface area contributed by atoms with Crippen LogP contribution in [-0.2, 0) is 14.1 Å². The van der Waals surface area contributed by atoms with Gasteiger partial charge in [-0.2, -0.15) is 0 Å². The van der Waals surface area contributed by atoms with Gasteiger partial charge in [-0.25, -0.2) is 4.79 Å². The number of carbonyl (C=O) groups excluding carboxylic acids is 1. The van der Waals surface area contributed by atoms with Crippen LogP contribution in [0.15, 0.2) is 57.8 Å². The molecule has 0 fully saturated rings. The standard InChI is InChI=1S/C22H21BrN4O2/c1-13-11-18(14(2)27(13)17-8-5-15(23)6-9-17)21(28)24-16-7-10-19-20(12-16)26(4)22(29)25(19)3/h5-12H,1-4H3,(H,24,28). The molecule has 0 unspecified atom stereocenters. The van der Waals surface area contributed by atoms with Gasteiger partial charge < -0.3 is 9.88 Å². The van der Waals surface area contributed by atoms with Crippen molar-refractivity contribution in [1.82, 2.24) is 13.7 Å². The van der Waals surface area contributed by atoms with Crippen LogP contribution in [0.1, 0.15) is 21.7 Å². The molecule has 1 amide bonds. The number of anilines is 1. The summed E-state index contributed by atoms with van der Waals surface area (Å²) in [7, 11) is 3.46. The fourth-order valence-corrected chi connectivity index (χ4v) is 4.03. The maximum Gasteiger partial charge on any atom is 0.328 e. The highest BCUT2D eigenvalue weighted by Crippen LogP contribution is 2.24. The number of carbonyl (C=O) groups is 1. The second-order valence-electron chi connectivity index (χ2n) is 7.15. The number of fused-ring (bicyclic) bond motifs is 1. The van der Waals surface area contributed by atoms with Gasteiger partial charge in [-0.15, -0.1) is 0 Å². The smallest absolute Gasteiger partial charge is 0.322 e. The summed E-state index contributed by atoms with van der Waals surface area (Å²) in [5, 5.41) is 2.96. The Morgan fingerprint density at radius 2 is 1.59 bits per heavy atom. The lowest BCUT2D eigenvalue weighted by atomic mass is 10.2. The number of imidazole rings is 1. The number of nitrogens with zero attached hydrogens (tertiary/aromatic N) is 3. The Labute approximate surface area is 176 Å². The SMILES string of the molecule is Cc1cc(C(=O)Nc2ccc3c(c2)n(C)c(=O)n3C)c(C)n1-c1ccc(Br)cc1. The molecule has 0 saturated heterocycles. The highest BCUT2D eigenvalue weighted by Gasteiger charge is 2.17. The molecule has 0 aliphatic rings. The Hall–Kier alpha value is -3.06. The third-order valence-corrected chi connectivity index (χ3v) is 5.82. The van der Waals surface area contributed by atoms with Crippen LogP contribution in [0, 0.1) is 13.8 Å². The van der Waals surface area contributed by atoms with E-state index in [9.17, 15) is 9.59 Å². The van der Waals surface area contributed by atoms with Crippen molar-refractivity contribution in [2.45, 2.75) is 13.8 Å². The normalized spacial score (nSPS) is 11.2. The van der Waals surface area contributed by atoms with Gasteiger partial charge in [-0.3, -0.25) is 13.9 Å². The third kappa shape index (κ3) is 3.21. The molecule has 7 heteroatoms. The second-order valence-corrected chi connectivity index (χ2v) is 8.07. The summed E-state index contributed by atoms with van der Waals surface area (Å²) in [4.78, 5) is 25.1. The van der Waals surface area contributed by atoms with Crippen molar-refractivity contribution < 1.29 is 4.79 Å². The highest BCUT2D eigenvalue weighted by molar-refractivity contribution is 9.10. The molecule has 148 valence electrons. The Morgan fingerprint density at radius 1 is 0.931 bits per heavy atom. The van der Waals surface area contributed by atoms with Gasteiger partial charge in [0.2, 0.25) is 0 Å². The van der Waals surface area contributed by atoms with Gasteiger partial charge in [-0.05, 0) is 62.4 Å². The van der Waals surface area contributed by atoms with Gasteiger partial charge >= 0.3 is 5.69 Å². The molecule has 4 aromatic rings. The van der Waals surface area contributed by atoms with Gasteiger partial charge in [-0.1, -0.05) is 15.9 Å². The van der Waals surface area contributed by atoms with Crippen LogP contribution in [0.25, 0.3) is 16.7 Å². The number of hydrogen-bond donors (Lipinski definition) is 1. The number of halogens is 1. The lowest BCUT2D eigenvalue weighted by Crippen LogP contribution is -2.19. The van der Waals surface area contributed by atoms with Gasteiger partial charge in [0.05, 0.1) is 16.6 Å². The number of amides is 1. The fraction of sp³-hybridized carbons (Fsp3) is 0.182. The number of nitrogens with one attached hydrogen (secondary N) is 1. The average molecular weight is 453 g/mol. The van der Waals surface area contributed by atoms with Crippen LogP contribution < -0.4 is 11.0 Å². The minimum absolute atomic E-state index is 0.0958. The Bertz CT molecular complexity index is 1310. The molecule has 0 atom stereocenters. The van der Waals surface area contributed by atoms with E-state index in [1.165, 1.54) is 0 Å². The summed E-state index contributed by atoms with van der Waals surface area (Å²) in [6.07, 6.45) is 0. The van der Waals surface area contributed by atoms with Gasteiger partial charge in [0.25, 0.3) is 5.91 Å². The van der Waals surface area contributed by atoms with Gasteiger partial charge in [0, 0.05) is 41.3 Å². The average Bonchev–Trinajstić information content (AvgIpc) is 3.11. The summed E-state index contributed by atoms with van der Waals surface area (Å²) in [5.41, 5.74) is 5.63. The fourth-order valence-electron chi connectivity index (χ4n) is 3.76. The van der Waals surface area contributed by atoms with Crippen molar-refractivity contribution in [3.05, 3.63) is 80.4 Å². The largest absolute Gasteiger partial charge is 0.328 e. The Kier molecular flexibility index (Phi) is 4.70. The van der Waals surface area contributed by atoms with E-state index in [4.69, 9.17) is 0 Å². The van der Waals surface area contributed by atoms with E-state index in [2.05, 4.69) is 25.8 Å². The quantitative estimate of drug-likeness (QED) is 0.503. The molecule has 0 aliphatic carbocycles. The maximum absolute atomic E-state index is 13.0. The van der Waals surface area contributed by atoms with Crippen LogP contribution in [-0.4, -0.2) is 19.6 Å². The topological polar surface area (TPSA) is 61.0 Å². The van der Waals surface area contributed by atoms with E-state index in [-0.39, 0.29) is 11.6 Å². The highest BCUT2D eigenvalue weighted by atomic mass is 79.9. The number of hydrogen-bond acceptors (Lipinski definition) is 2. The minimum atomic E-state index is -0.179. The molecule has 2 aromatic heterocycles. The molecule has 0 saturated carbocycles. The molecule has 0 spiro atoms. The second kappa shape index (κ2) is 7.08. The third-order valence-electron chi connectivity index (χ3n) is 5.29. The summed E-state index contributed by atoms with van der Waals surface area (Å²) in [6.45, 7) is 3.92. The summed E-state index contributed by atoms with van der Waals surface area (Å²) < 4.78 is 6.23. The van der Waals surface area contributed by atoms with Crippen LogP contribution in [0.4, 0.5) is 5.69 Å². The molecule has 0 radical (unpaired) electrons. The summed E-state index contributed by atoms with van der Waals surface area (Å²) in [5.74, 6) is -0.179. The van der Waals surface area contributed by atoms with Crippen molar-refractivity contribution in [3.8, 4) is 5.69 Å². The first-order valence-electron chi connectivity index (χ1n) is 9.19. The molecule has 1 N–H and O–H groups in total. The Morgan fingerprint density at radius 3 is 2.28 bits per heavy atom. The van der Waals surface area contributed by atoms with Crippen molar-refractivity contribution in [2.24, 2.45) is 14.1 Å². The lowest BCUT2D eigenvalue weighted by molar-refractivity contribution is 0.102. The minimum Gasteiger partial charge on any atom is -0.322 e. The molecule has 2 aromatic carbocycles. The van der Waals surface area contributed by atoms with Crippen LogP contribution in [0.5, 0.6) is 0 Å². The van der Waals surface area contributed by atoms with Gasteiger partial charge in [0.1, 0.15) is 0 Å². The number of aromatic nitrogens is 3. The van der Waals surface area contributed by atoms with E-state index in [0.29, 0.717) is 11.3 Å². The zero-order valence-corrected chi connectivity index (χ0v) is 18.2. The number of aryl methyl sites for hydroxylation is 3. The zero-order chi connectivity index (χ0) is 20.9. The van der Waals surface area contributed by atoms with E-state index >= 15 is 0 Å². The van der Waals surface area contributed by atoms with E-state index in [1.54, 1.807) is 23.2 Å².